The summed E-state index contributed by atoms with van der Waals surface area (Å²) in [7, 11) is 0. The fourth-order valence-electron chi connectivity index (χ4n) is 4.27. The molecule has 0 aliphatic heterocycles. The van der Waals surface area contributed by atoms with Crippen LogP contribution in [-0.2, 0) is 9.68 Å². The van der Waals surface area contributed by atoms with Crippen molar-refractivity contribution in [2.24, 2.45) is 11.8 Å². The van der Waals surface area contributed by atoms with Gasteiger partial charge in [0.25, 0.3) is 11.8 Å². The van der Waals surface area contributed by atoms with Gasteiger partial charge in [0.2, 0.25) is 0 Å². The first-order valence-electron chi connectivity index (χ1n) is 15.0. The fourth-order valence-corrected chi connectivity index (χ4v) is 6.08. The molecule has 0 heterocycles. The van der Waals surface area contributed by atoms with E-state index in [0.717, 1.165) is 38.9 Å². The average molecular weight is 939 g/mol. The van der Waals surface area contributed by atoms with Crippen molar-refractivity contribution in [3.8, 4) is 0 Å². The van der Waals surface area contributed by atoms with Crippen LogP contribution in [0.5, 0.6) is 0 Å². The molecule has 49 heavy (non-hydrogen) atoms. The highest BCUT2D eigenvalue weighted by molar-refractivity contribution is 14.1. The summed E-state index contributed by atoms with van der Waals surface area (Å²) in [6.45, 7) is 0.903. The molecular formula is C34H29Cl2F3I2N4O4. The van der Waals surface area contributed by atoms with Crippen LogP contribution < -0.4 is 21.6 Å². The van der Waals surface area contributed by atoms with E-state index in [0.29, 0.717) is 52.2 Å². The van der Waals surface area contributed by atoms with Gasteiger partial charge in [0.15, 0.2) is 11.6 Å². The third-order valence-corrected chi connectivity index (χ3v) is 9.29. The van der Waals surface area contributed by atoms with Gasteiger partial charge in [-0.2, -0.15) is 0 Å². The summed E-state index contributed by atoms with van der Waals surface area (Å²) in [6, 6.07) is 16.5. The molecule has 2 fully saturated rings. The molecule has 2 saturated carbocycles. The maximum Gasteiger partial charge on any atom is 0.277 e. The molecule has 0 saturated heterocycles. The number of rotatable bonds is 12. The second-order valence-electron chi connectivity index (χ2n) is 11.3. The minimum absolute atomic E-state index is 0.0793. The van der Waals surface area contributed by atoms with Crippen LogP contribution in [0.4, 0.5) is 35.9 Å². The van der Waals surface area contributed by atoms with E-state index in [2.05, 4.69) is 66.8 Å². The van der Waals surface area contributed by atoms with Crippen molar-refractivity contribution in [1.29, 1.82) is 0 Å². The Bertz CT molecular complexity index is 1850. The highest BCUT2D eigenvalue weighted by Gasteiger charge is 2.24. The van der Waals surface area contributed by atoms with Crippen molar-refractivity contribution < 1.29 is 32.4 Å². The molecule has 0 atom stereocenters. The number of benzene rings is 4. The lowest BCUT2D eigenvalue weighted by atomic mass is 10.1. The van der Waals surface area contributed by atoms with E-state index in [9.17, 15) is 22.8 Å². The molecule has 6 rings (SSSR count). The van der Waals surface area contributed by atoms with Gasteiger partial charge >= 0.3 is 0 Å². The molecular weight excluding hydrogens is 910 g/mol. The predicted molar refractivity (Wildman–Crippen MR) is 200 cm³/mol. The number of halogens is 7. The Hall–Kier alpha value is -2.83. The zero-order chi connectivity index (χ0) is 35.1. The van der Waals surface area contributed by atoms with Crippen LogP contribution >= 0.6 is 68.4 Å². The Morgan fingerprint density at radius 3 is 1.71 bits per heavy atom. The second kappa shape index (κ2) is 17.4. The van der Waals surface area contributed by atoms with Gasteiger partial charge in [-0.3, -0.25) is 19.3 Å². The number of carbonyl (C=O) groups is 2. The maximum absolute atomic E-state index is 14.3. The van der Waals surface area contributed by atoms with Gasteiger partial charge < -0.3 is 10.6 Å². The van der Waals surface area contributed by atoms with Gasteiger partial charge in [0.1, 0.15) is 5.82 Å². The topological polar surface area (TPSA) is 101 Å². The standard InChI is InChI=1S/C17H14ClF2IN2O2.C17H15ClFIN2O2/c18-12-7-10(21)3-6-14(12)22-16-11(4-5-13(19)15(16)20)17(24)23-25-8-9-1-2-9;18-14-8-12(20)4-6-15(14)21-16-7-11(19)3-5-13(16)17(23)22-24-9-10-1-2-10/h3-7,9,22H,1-2,8H2,(H,23,24);3-8,10,21H,1-2,9H2,(H,22,23). The largest absolute Gasteiger partial charge is 0.354 e. The molecule has 258 valence electrons. The molecule has 15 heteroatoms. The van der Waals surface area contributed by atoms with Crippen LogP contribution in [0.2, 0.25) is 10.0 Å². The quantitative estimate of drug-likeness (QED) is 0.0835. The molecule has 2 aliphatic carbocycles. The average Bonchev–Trinajstić information content (AvgIpc) is 3.99. The minimum atomic E-state index is -1.16. The lowest BCUT2D eigenvalue weighted by molar-refractivity contribution is 0.0268. The number of hydrogen-bond donors (Lipinski definition) is 4. The van der Waals surface area contributed by atoms with E-state index >= 15 is 0 Å². The fraction of sp³-hybridized carbons (Fsp3) is 0.235. The Morgan fingerprint density at radius 1 is 0.673 bits per heavy atom. The Labute approximate surface area is 318 Å². The Kier molecular flexibility index (Phi) is 13.3. The third kappa shape index (κ3) is 11.1. The van der Waals surface area contributed by atoms with E-state index in [4.69, 9.17) is 32.9 Å². The Morgan fingerprint density at radius 2 is 1.18 bits per heavy atom. The van der Waals surface area contributed by atoms with E-state index in [1.54, 1.807) is 30.3 Å². The van der Waals surface area contributed by atoms with Crippen LogP contribution in [0.1, 0.15) is 46.4 Å². The Balaban J connectivity index is 0.000000191. The van der Waals surface area contributed by atoms with Crippen LogP contribution in [0, 0.1) is 36.4 Å². The number of hydroxylamine groups is 2. The van der Waals surface area contributed by atoms with Crippen molar-refractivity contribution in [1.82, 2.24) is 11.0 Å². The van der Waals surface area contributed by atoms with Crippen molar-refractivity contribution in [2.45, 2.75) is 25.7 Å². The number of nitrogens with one attached hydrogen (secondary N) is 4. The molecule has 4 N–H and O–H groups in total. The summed E-state index contributed by atoms with van der Waals surface area (Å²) in [5.74, 6) is -2.79. The van der Waals surface area contributed by atoms with Gasteiger partial charge in [-0.25, -0.2) is 24.1 Å². The number of hydrogen-bond acceptors (Lipinski definition) is 6. The highest BCUT2D eigenvalue weighted by atomic mass is 127. The summed E-state index contributed by atoms with van der Waals surface area (Å²) in [6.07, 6.45) is 4.40. The first kappa shape index (κ1) is 37.4. The summed E-state index contributed by atoms with van der Waals surface area (Å²) < 4.78 is 43.4. The van der Waals surface area contributed by atoms with Gasteiger partial charge in [-0.15, -0.1) is 0 Å². The minimum Gasteiger partial charge on any atom is -0.354 e. The summed E-state index contributed by atoms with van der Waals surface area (Å²) in [5, 5.41) is 6.53. The molecule has 0 bridgehead atoms. The van der Waals surface area contributed by atoms with Crippen LogP contribution in [-0.4, -0.2) is 25.0 Å². The SMILES string of the molecule is O=C(NOCC1CC1)c1ccc(F)c(F)c1Nc1ccc(I)cc1Cl.O=C(NOCC1CC1)c1ccc(F)cc1Nc1ccc(I)cc1Cl. The van der Waals surface area contributed by atoms with E-state index in [1.807, 2.05) is 6.07 Å². The van der Waals surface area contributed by atoms with E-state index in [1.165, 1.54) is 24.3 Å². The van der Waals surface area contributed by atoms with Crippen LogP contribution in [0.25, 0.3) is 0 Å². The van der Waals surface area contributed by atoms with Crippen molar-refractivity contribution in [2.75, 3.05) is 23.8 Å². The highest BCUT2D eigenvalue weighted by Crippen LogP contribution is 2.33. The third-order valence-electron chi connectivity index (χ3n) is 7.32. The number of amides is 2. The molecule has 0 spiro atoms. The maximum atomic E-state index is 14.3. The van der Waals surface area contributed by atoms with Crippen molar-refractivity contribution in [3.05, 3.63) is 112 Å². The van der Waals surface area contributed by atoms with Crippen molar-refractivity contribution >= 4 is 103 Å². The van der Waals surface area contributed by atoms with Crippen LogP contribution in [0.15, 0.2) is 66.7 Å². The summed E-state index contributed by atoms with van der Waals surface area (Å²) in [4.78, 5) is 34.9. The van der Waals surface area contributed by atoms with Gasteiger partial charge in [0, 0.05) is 7.14 Å². The monoisotopic (exact) mass is 938 g/mol. The summed E-state index contributed by atoms with van der Waals surface area (Å²) in [5.41, 5.74) is 5.85. The molecule has 0 aromatic heterocycles. The zero-order valence-corrected chi connectivity index (χ0v) is 31.4. The zero-order valence-electron chi connectivity index (χ0n) is 25.5. The molecule has 4 aromatic rings. The molecule has 0 unspecified atom stereocenters. The van der Waals surface area contributed by atoms with Gasteiger partial charge in [0.05, 0.1) is 57.1 Å². The van der Waals surface area contributed by atoms with Crippen molar-refractivity contribution in [3.63, 3.8) is 0 Å². The molecule has 4 aromatic carbocycles. The normalized spacial score (nSPS) is 13.6. The summed E-state index contributed by atoms with van der Waals surface area (Å²) >= 11 is 16.5. The first-order chi connectivity index (χ1) is 23.5. The molecule has 2 aliphatic rings. The number of anilines is 4. The van der Waals surface area contributed by atoms with Gasteiger partial charge in [-0.05, 0) is 149 Å². The van der Waals surface area contributed by atoms with Crippen LogP contribution in [0.3, 0.4) is 0 Å². The predicted octanol–water partition coefficient (Wildman–Crippen LogP) is 9.94. The number of carbonyl (C=O) groups excluding carboxylic acids is 2. The lowest BCUT2D eigenvalue weighted by Crippen LogP contribution is -2.26. The van der Waals surface area contributed by atoms with E-state index < -0.39 is 29.3 Å². The molecule has 8 nitrogen and oxygen atoms in total. The lowest BCUT2D eigenvalue weighted by Gasteiger charge is -2.15. The smallest absolute Gasteiger partial charge is 0.277 e. The second-order valence-corrected chi connectivity index (χ2v) is 14.6. The van der Waals surface area contributed by atoms with Gasteiger partial charge in [-0.1, -0.05) is 23.2 Å². The van der Waals surface area contributed by atoms with E-state index in [-0.39, 0.29) is 16.8 Å². The molecule has 0 radical (unpaired) electrons. The molecule has 2 amide bonds. The first-order valence-corrected chi connectivity index (χ1v) is 18.0.